The molecule has 0 saturated carbocycles. The second kappa shape index (κ2) is 4.18. The summed E-state index contributed by atoms with van der Waals surface area (Å²) < 4.78 is 0. The average Bonchev–Trinajstić information content (AvgIpc) is 2.55. The van der Waals surface area contributed by atoms with Crippen molar-refractivity contribution in [2.24, 2.45) is 0 Å². The van der Waals surface area contributed by atoms with Gasteiger partial charge in [-0.3, -0.25) is 0 Å². The Morgan fingerprint density at radius 3 is 1.86 bits per heavy atom. The molecule has 0 saturated heterocycles. The van der Waals surface area contributed by atoms with Crippen molar-refractivity contribution < 1.29 is 20.4 Å². The Kier molecular flexibility index (Phi) is 2.39. The molecular formula is C18H12O4. The first-order valence-corrected chi connectivity index (χ1v) is 6.79. The number of rotatable bonds is 0. The van der Waals surface area contributed by atoms with Crippen LogP contribution in [0.25, 0.3) is 32.3 Å². The summed E-state index contributed by atoms with van der Waals surface area (Å²) in [6.45, 7) is 0. The third kappa shape index (κ3) is 1.52. The molecule has 108 valence electrons. The van der Waals surface area contributed by atoms with Crippen LogP contribution in [-0.4, -0.2) is 20.4 Å². The van der Waals surface area contributed by atoms with Gasteiger partial charge in [-0.2, -0.15) is 0 Å². The van der Waals surface area contributed by atoms with Gasteiger partial charge in [-0.25, -0.2) is 0 Å². The lowest BCUT2D eigenvalue weighted by molar-refractivity contribution is 0.351. The molecule has 4 aromatic rings. The Hall–Kier alpha value is -3.14. The summed E-state index contributed by atoms with van der Waals surface area (Å²) in [7, 11) is 0. The summed E-state index contributed by atoms with van der Waals surface area (Å²) >= 11 is 0. The zero-order valence-corrected chi connectivity index (χ0v) is 11.4. The Balaban J connectivity index is 2.30. The van der Waals surface area contributed by atoms with E-state index in [1.807, 2.05) is 36.4 Å². The van der Waals surface area contributed by atoms with E-state index in [9.17, 15) is 20.4 Å². The quantitative estimate of drug-likeness (QED) is 0.171. The van der Waals surface area contributed by atoms with Gasteiger partial charge >= 0.3 is 0 Å². The lowest BCUT2D eigenvalue weighted by Crippen LogP contribution is -1.83. The minimum atomic E-state index is -0.717. The van der Waals surface area contributed by atoms with Crippen LogP contribution in [0, 0.1) is 0 Å². The Morgan fingerprint density at radius 2 is 1.14 bits per heavy atom. The van der Waals surface area contributed by atoms with Crippen molar-refractivity contribution in [1.82, 2.24) is 0 Å². The van der Waals surface area contributed by atoms with Gasteiger partial charge in [0.2, 0.25) is 11.5 Å². The molecule has 0 bridgehead atoms. The van der Waals surface area contributed by atoms with E-state index in [0.29, 0.717) is 10.8 Å². The smallest absolute Gasteiger partial charge is 0.204 e. The molecule has 0 aromatic heterocycles. The summed E-state index contributed by atoms with van der Waals surface area (Å²) in [5.41, 5.74) is 0. The minimum Gasteiger partial charge on any atom is -0.504 e. The van der Waals surface area contributed by atoms with Crippen molar-refractivity contribution in [3.05, 3.63) is 48.5 Å². The van der Waals surface area contributed by atoms with Gasteiger partial charge in [0.25, 0.3) is 0 Å². The molecule has 0 aliphatic carbocycles. The molecule has 0 aliphatic heterocycles. The van der Waals surface area contributed by atoms with Crippen molar-refractivity contribution in [2.75, 3.05) is 0 Å². The molecule has 4 aromatic carbocycles. The van der Waals surface area contributed by atoms with Crippen LogP contribution in [0.3, 0.4) is 0 Å². The Bertz CT molecular complexity index is 1070. The molecule has 4 heteroatoms. The standard InChI is InChI=1S/C18H12O4/c19-15-12-6-5-11-7-9-3-1-2-4-10(9)8-13(11)14(12)16(20)18(22)17(15)21/h1-8,19-22H. The number of phenolic OH excluding ortho intramolecular Hbond substituents is 4. The molecule has 22 heavy (non-hydrogen) atoms. The fraction of sp³-hybridized carbons (Fsp3) is 0. The van der Waals surface area contributed by atoms with Crippen molar-refractivity contribution in [2.45, 2.75) is 0 Å². The van der Waals surface area contributed by atoms with E-state index in [-0.39, 0.29) is 5.39 Å². The van der Waals surface area contributed by atoms with Gasteiger partial charge in [-0.05, 0) is 39.7 Å². The van der Waals surface area contributed by atoms with Crippen LogP contribution in [0.2, 0.25) is 0 Å². The monoisotopic (exact) mass is 292 g/mol. The van der Waals surface area contributed by atoms with Crippen molar-refractivity contribution in [3.63, 3.8) is 0 Å². The van der Waals surface area contributed by atoms with Crippen LogP contribution in [0.1, 0.15) is 0 Å². The molecule has 4 rings (SSSR count). The van der Waals surface area contributed by atoms with E-state index < -0.39 is 23.0 Å². The van der Waals surface area contributed by atoms with Gasteiger partial charge in [-0.15, -0.1) is 0 Å². The maximum atomic E-state index is 10.2. The molecule has 4 nitrogen and oxygen atoms in total. The van der Waals surface area contributed by atoms with Gasteiger partial charge in [-0.1, -0.05) is 30.3 Å². The predicted molar refractivity (Wildman–Crippen MR) is 85.6 cm³/mol. The van der Waals surface area contributed by atoms with Crippen LogP contribution in [0.15, 0.2) is 48.5 Å². The fourth-order valence-electron chi connectivity index (χ4n) is 2.94. The lowest BCUT2D eigenvalue weighted by atomic mass is 9.96. The van der Waals surface area contributed by atoms with E-state index in [1.165, 1.54) is 0 Å². The number of benzene rings is 4. The van der Waals surface area contributed by atoms with Crippen molar-refractivity contribution >= 4 is 32.3 Å². The highest BCUT2D eigenvalue weighted by atomic mass is 16.3. The predicted octanol–water partition coefficient (Wildman–Crippen LogP) is 3.97. The third-order valence-electron chi connectivity index (χ3n) is 4.05. The average molecular weight is 292 g/mol. The topological polar surface area (TPSA) is 80.9 Å². The van der Waals surface area contributed by atoms with Crippen LogP contribution in [-0.2, 0) is 0 Å². The first kappa shape index (κ1) is 12.6. The molecule has 0 heterocycles. The second-order valence-corrected chi connectivity index (χ2v) is 5.30. The van der Waals surface area contributed by atoms with Gasteiger partial charge < -0.3 is 20.4 Å². The number of hydrogen-bond donors (Lipinski definition) is 4. The molecular weight excluding hydrogens is 280 g/mol. The first-order valence-electron chi connectivity index (χ1n) is 6.79. The second-order valence-electron chi connectivity index (χ2n) is 5.30. The Labute approximate surface area is 125 Å². The number of phenols is 4. The summed E-state index contributed by atoms with van der Waals surface area (Å²) in [6.07, 6.45) is 0. The summed E-state index contributed by atoms with van der Waals surface area (Å²) in [4.78, 5) is 0. The van der Waals surface area contributed by atoms with Crippen molar-refractivity contribution in [1.29, 1.82) is 0 Å². The number of hydrogen-bond acceptors (Lipinski definition) is 4. The largest absolute Gasteiger partial charge is 0.504 e. The third-order valence-corrected chi connectivity index (χ3v) is 4.05. The molecule has 0 unspecified atom stereocenters. The first-order chi connectivity index (χ1) is 10.6. The summed E-state index contributed by atoms with van der Waals surface area (Å²) in [5.74, 6) is -2.32. The molecule has 0 fully saturated rings. The highest BCUT2D eigenvalue weighted by Crippen LogP contribution is 2.50. The van der Waals surface area contributed by atoms with Gasteiger partial charge in [0.15, 0.2) is 11.5 Å². The van der Waals surface area contributed by atoms with E-state index in [2.05, 4.69) is 0 Å². The van der Waals surface area contributed by atoms with E-state index >= 15 is 0 Å². The van der Waals surface area contributed by atoms with Crippen molar-refractivity contribution in [3.8, 4) is 23.0 Å². The molecule has 0 aliphatic rings. The van der Waals surface area contributed by atoms with Crippen LogP contribution >= 0.6 is 0 Å². The summed E-state index contributed by atoms with van der Waals surface area (Å²) in [6, 6.07) is 15.1. The minimum absolute atomic E-state index is 0.288. The Morgan fingerprint density at radius 1 is 0.500 bits per heavy atom. The maximum absolute atomic E-state index is 10.2. The van der Waals surface area contributed by atoms with Gasteiger partial charge in [0.1, 0.15) is 0 Å². The lowest BCUT2D eigenvalue weighted by Gasteiger charge is -2.12. The van der Waals surface area contributed by atoms with E-state index in [1.54, 1.807) is 12.1 Å². The molecule has 4 N–H and O–H groups in total. The molecule has 0 spiro atoms. The van der Waals surface area contributed by atoms with Crippen LogP contribution in [0.4, 0.5) is 0 Å². The van der Waals surface area contributed by atoms with Crippen LogP contribution in [0.5, 0.6) is 23.0 Å². The maximum Gasteiger partial charge on any atom is 0.204 e. The van der Waals surface area contributed by atoms with Gasteiger partial charge in [0, 0.05) is 10.8 Å². The fourth-order valence-corrected chi connectivity index (χ4v) is 2.94. The number of fused-ring (bicyclic) bond motifs is 4. The molecule has 0 radical (unpaired) electrons. The molecule has 0 amide bonds. The highest BCUT2D eigenvalue weighted by Gasteiger charge is 2.19. The van der Waals surface area contributed by atoms with E-state index in [4.69, 9.17) is 0 Å². The SMILES string of the molecule is Oc1c(O)c(O)c2c(ccc3cc4ccccc4cc32)c1O. The molecule has 0 atom stereocenters. The zero-order valence-electron chi connectivity index (χ0n) is 11.4. The highest BCUT2D eigenvalue weighted by molar-refractivity contribution is 6.17. The van der Waals surface area contributed by atoms with Gasteiger partial charge in [0.05, 0.1) is 0 Å². The normalized spacial score (nSPS) is 11.5. The van der Waals surface area contributed by atoms with E-state index in [0.717, 1.165) is 16.2 Å². The zero-order chi connectivity index (χ0) is 15.4. The van der Waals surface area contributed by atoms with Crippen LogP contribution < -0.4 is 0 Å². The summed E-state index contributed by atoms with van der Waals surface area (Å²) in [5, 5.41) is 43.9. The number of aromatic hydroxyl groups is 4.